The van der Waals surface area contributed by atoms with Gasteiger partial charge >= 0.3 is 306 Å². The van der Waals surface area contributed by atoms with Gasteiger partial charge in [0, 0.05) is 0 Å². The Balaban J connectivity index is 3.14. The molecule has 0 heterocycles. The minimum atomic E-state index is -5.56. The van der Waals surface area contributed by atoms with Crippen molar-refractivity contribution in [3.8, 4) is 11.5 Å². The van der Waals surface area contributed by atoms with Crippen LogP contribution in [0.5, 0.6) is 11.5 Å². The molecule has 2 rings (SSSR count). The second-order valence-corrected chi connectivity index (χ2v) is 25.6. The van der Waals surface area contributed by atoms with Crippen LogP contribution in [0.15, 0.2) is 60.7 Å². The van der Waals surface area contributed by atoms with Crippen LogP contribution in [0.2, 0.25) is 0 Å². The molecule has 0 aliphatic carbocycles. The molecular weight excluding hydrogens is 696 g/mol. The molecule has 0 aromatic heterocycles. The maximum absolute atomic E-state index is 7.25. The van der Waals surface area contributed by atoms with Gasteiger partial charge in [0.15, 0.2) is 0 Å². The van der Waals surface area contributed by atoms with Crippen molar-refractivity contribution < 1.29 is 57.3 Å². The predicted molar refractivity (Wildman–Crippen MR) is 193 cm³/mol. The van der Waals surface area contributed by atoms with E-state index in [1.165, 1.54) is 0 Å². The summed E-state index contributed by atoms with van der Waals surface area (Å²) < 4.78 is 69.1. The Bertz CT molecular complexity index is 1100. The zero-order chi connectivity index (χ0) is 37.8. The van der Waals surface area contributed by atoms with Crippen molar-refractivity contribution in [1.82, 2.24) is 0 Å². The van der Waals surface area contributed by atoms with Gasteiger partial charge in [-0.3, -0.25) is 0 Å². The molecule has 0 N–H and O–H groups in total. The molecule has 2 aromatic rings. The third-order valence-electron chi connectivity index (χ3n) is 5.06. The van der Waals surface area contributed by atoms with E-state index in [9.17, 15) is 0 Å². The molecule has 0 bridgehead atoms. The predicted octanol–water partition coefficient (Wildman–Crippen LogP) is 9.75. The van der Waals surface area contributed by atoms with Crippen molar-refractivity contribution >= 4 is 18.1 Å². The topological polar surface area (TPSA) is 92.3 Å². The Kier molecular flexibility index (Phi) is 14.2. The first-order chi connectivity index (χ1) is 21.8. The van der Waals surface area contributed by atoms with E-state index in [2.05, 4.69) is 0 Å². The van der Waals surface area contributed by atoms with Crippen LogP contribution in [0, 0.1) is 0 Å². The van der Waals surface area contributed by atoms with Gasteiger partial charge in [-0.25, -0.2) is 0 Å². The summed E-state index contributed by atoms with van der Waals surface area (Å²) in [6.45, 7) is 34.4. The van der Waals surface area contributed by atoms with Crippen molar-refractivity contribution in [2.45, 2.75) is 158 Å². The summed E-state index contributed by atoms with van der Waals surface area (Å²) in [5, 5.41) is 0. The average Bonchev–Trinajstić information content (AvgIpc) is 2.77. The van der Waals surface area contributed by atoms with Crippen LogP contribution in [-0.2, 0) is 50.7 Å². The Hall–Kier alpha value is -1.13. The molecule has 0 spiro atoms. The van der Waals surface area contributed by atoms with Crippen LogP contribution in [0.3, 0.4) is 0 Å². The summed E-state index contributed by atoms with van der Waals surface area (Å²) in [5.74, 6) is 0.850. The van der Waals surface area contributed by atoms with Crippen LogP contribution >= 0.6 is 0 Å². The standard InChI is InChI=1S/2C12H27O4Si.2C6H6O.Ti/c2*1-10(2,3)14-17(13,15-11(4,5)6)16-12(7,8)9;2*7-6-4-2-1-3-5-6;/h2*1-9H3;2*1-5,7H;/q2*-1;;;+4/p-2. The van der Waals surface area contributed by atoms with E-state index < -0.39 is 69.8 Å². The summed E-state index contributed by atoms with van der Waals surface area (Å²) in [4.78, 5) is 0. The maximum atomic E-state index is 7.25. The fourth-order valence-electron chi connectivity index (χ4n) is 4.20. The van der Waals surface area contributed by atoms with E-state index in [0.29, 0.717) is 11.5 Å². The molecule has 0 fully saturated rings. The molecular formula is C36H64O10Si2Ti. The first kappa shape index (κ1) is 44.0. The summed E-state index contributed by atoms with van der Waals surface area (Å²) in [6, 6.07) is 18.4. The Morgan fingerprint density at radius 1 is 0.347 bits per heavy atom. The second kappa shape index (κ2) is 15.9. The normalized spacial score (nSPS) is 14.6. The average molecular weight is 761 g/mol. The second-order valence-electron chi connectivity index (χ2n) is 17.8. The van der Waals surface area contributed by atoms with Crippen LogP contribution < -0.4 is 6.64 Å². The number of para-hydroxylation sites is 2. The van der Waals surface area contributed by atoms with Crippen molar-refractivity contribution in [2.24, 2.45) is 0 Å². The quantitative estimate of drug-likeness (QED) is 0.173. The molecule has 0 radical (unpaired) electrons. The van der Waals surface area contributed by atoms with E-state index >= 15 is 0 Å². The van der Waals surface area contributed by atoms with E-state index in [0.717, 1.165) is 0 Å². The van der Waals surface area contributed by atoms with E-state index in [-0.39, 0.29) is 0 Å². The van der Waals surface area contributed by atoms with Crippen molar-refractivity contribution in [2.75, 3.05) is 0 Å². The molecule has 0 amide bonds. The third-order valence-corrected chi connectivity index (χ3v) is 17.4. The monoisotopic (exact) mass is 760 g/mol. The van der Waals surface area contributed by atoms with Gasteiger partial charge in [-0.05, 0) is 0 Å². The fourth-order valence-corrected chi connectivity index (χ4v) is 16.9. The van der Waals surface area contributed by atoms with Crippen molar-refractivity contribution in [3.05, 3.63) is 60.7 Å². The molecule has 0 aliphatic heterocycles. The summed E-state index contributed by atoms with van der Waals surface area (Å²) in [5.41, 5.74) is -4.77. The van der Waals surface area contributed by atoms with E-state index in [1.807, 2.05) is 161 Å². The Morgan fingerprint density at radius 3 is 0.735 bits per heavy atom. The fraction of sp³-hybridized carbons (Fsp3) is 0.667. The van der Waals surface area contributed by atoms with Gasteiger partial charge in [0.05, 0.1) is 0 Å². The third kappa shape index (κ3) is 17.8. The Morgan fingerprint density at radius 2 is 0.551 bits per heavy atom. The van der Waals surface area contributed by atoms with Gasteiger partial charge in [-0.1, -0.05) is 0 Å². The van der Waals surface area contributed by atoms with Crippen molar-refractivity contribution in [1.29, 1.82) is 0 Å². The first-order valence-corrected chi connectivity index (χ1v) is 22.7. The van der Waals surface area contributed by atoms with Gasteiger partial charge in [-0.15, -0.1) is 0 Å². The van der Waals surface area contributed by atoms with Gasteiger partial charge in [0.25, 0.3) is 0 Å². The SMILES string of the molecule is CC(C)(C)O[Si](OC(C)(C)C)(OC(C)(C)C)[O][Ti]([O]c1ccccc1)([O]c1ccccc1)[O][Si](OC(C)(C)C)(OC(C)(C)C)OC(C)(C)C. The zero-order valence-electron chi connectivity index (χ0n) is 33.4. The summed E-state index contributed by atoms with van der Waals surface area (Å²) >= 11 is -5.56. The molecule has 0 saturated heterocycles. The van der Waals surface area contributed by atoms with Crippen LogP contribution in [0.1, 0.15) is 125 Å². The number of rotatable bonds is 14. The number of benzene rings is 2. The number of hydrogen-bond donors (Lipinski definition) is 0. The van der Waals surface area contributed by atoms with Gasteiger partial charge in [0.2, 0.25) is 0 Å². The van der Waals surface area contributed by atoms with E-state index in [4.69, 9.17) is 39.2 Å². The summed E-state index contributed by atoms with van der Waals surface area (Å²) in [7, 11) is -8.71. The van der Waals surface area contributed by atoms with Crippen molar-refractivity contribution in [3.63, 3.8) is 0 Å². The van der Waals surface area contributed by atoms with Gasteiger partial charge in [-0.2, -0.15) is 0 Å². The van der Waals surface area contributed by atoms with Gasteiger partial charge < -0.3 is 0 Å². The molecule has 13 heteroatoms. The zero-order valence-corrected chi connectivity index (χ0v) is 36.9. The Labute approximate surface area is 304 Å². The van der Waals surface area contributed by atoms with Crippen LogP contribution in [0.25, 0.3) is 0 Å². The first-order valence-electron chi connectivity index (χ1n) is 16.9. The molecule has 280 valence electrons. The van der Waals surface area contributed by atoms with Crippen LogP contribution in [0.4, 0.5) is 0 Å². The molecule has 0 saturated carbocycles. The van der Waals surface area contributed by atoms with Crippen LogP contribution in [-0.4, -0.2) is 51.7 Å². The summed E-state index contributed by atoms with van der Waals surface area (Å²) in [6.07, 6.45) is 0. The van der Waals surface area contributed by atoms with Gasteiger partial charge in [0.1, 0.15) is 0 Å². The molecule has 0 unspecified atom stereocenters. The molecule has 0 atom stereocenters. The minimum absolute atomic E-state index is 0.425. The molecule has 10 nitrogen and oxygen atoms in total. The molecule has 0 aliphatic rings. The molecule has 2 aromatic carbocycles. The van der Waals surface area contributed by atoms with E-state index in [1.54, 1.807) is 24.3 Å². The number of hydrogen-bond acceptors (Lipinski definition) is 10. The molecule has 49 heavy (non-hydrogen) atoms.